The third-order valence-corrected chi connectivity index (χ3v) is 5.62. The van der Waals surface area contributed by atoms with Crippen LogP contribution in [0.5, 0.6) is 0 Å². The molecule has 2 aliphatic heterocycles. The van der Waals surface area contributed by atoms with Crippen molar-refractivity contribution < 1.29 is 4.79 Å². The molecule has 150 valence electrons. The lowest BCUT2D eigenvalue weighted by Crippen LogP contribution is -2.50. The van der Waals surface area contributed by atoms with E-state index in [-0.39, 0.29) is 5.91 Å². The molecular formula is C23H25ClN4O. The van der Waals surface area contributed by atoms with Gasteiger partial charge in [0, 0.05) is 36.9 Å². The first-order chi connectivity index (χ1) is 14.1. The van der Waals surface area contributed by atoms with E-state index in [1.54, 1.807) is 5.01 Å². The van der Waals surface area contributed by atoms with Crippen LogP contribution in [-0.2, 0) is 4.79 Å². The number of amides is 1. The number of halogens is 1. The van der Waals surface area contributed by atoms with Gasteiger partial charge in [0.05, 0.1) is 18.8 Å². The molecule has 1 fully saturated rings. The van der Waals surface area contributed by atoms with Crippen molar-refractivity contribution >= 4 is 35.0 Å². The number of piperazine rings is 1. The van der Waals surface area contributed by atoms with Gasteiger partial charge in [-0.2, -0.15) is 5.10 Å². The fourth-order valence-electron chi connectivity index (χ4n) is 3.71. The standard InChI is InChI=1S/C23H25ClN4O/c1-18-20(14-19-6-3-2-4-7-19)15-23(29)28(25-18)17-26-10-12-27(13-11-26)22-9-5-8-21(24)16-22/h2-9,14,16H,10-13,15,17H2,1H3/b20-14-. The summed E-state index contributed by atoms with van der Waals surface area (Å²) in [5.74, 6) is 0.0510. The van der Waals surface area contributed by atoms with Crippen LogP contribution < -0.4 is 4.90 Å². The van der Waals surface area contributed by atoms with E-state index < -0.39 is 0 Å². The largest absolute Gasteiger partial charge is 0.369 e. The molecule has 2 aliphatic rings. The molecule has 1 amide bonds. The molecule has 2 aromatic carbocycles. The minimum Gasteiger partial charge on any atom is -0.369 e. The molecule has 0 radical (unpaired) electrons. The fourth-order valence-corrected chi connectivity index (χ4v) is 3.89. The second kappa shape index (κ2) is 8.80. The van der Waals surface area contributed by atoms with Crippen molar-refractivity contribution in [3.8, 4) is 0 Å². The van der Waals surface area contributed by atoms with Crippen molar-refractivity contribution in [3.05, 3.63) is 70.8 Å². The van der Waals surface area contributed by atoms with Crippen LogP contribution in [0.15, 0.2) is 65.3 Å². The van der Waals surface area contributed by atoms with Gasteiger partial charge in [0.25, 0.3) is 0 Å². The van der Waals surface area contributed by atoms with Crippen LogP contribution in [0.25, 0.3) is 6.08 Å². The van der Waals surface area contributed by atoms with Gasteiger partial charge in [0.2, 0.25) is 5.91 Å². The summed E-state index contributed by atoms with van der Waals surface area (Å²) in [6, 6.07) is 18.0. The van der Waals surface area contributed by atoms with Gasteiger partial charge in [-0.3, -0.25) is 9.69 Å². The molecule has 2 heterocycles. The first-order valence-electron chi connectivity index (χ1n) is 9.93. The van der Waals surface area contributed by atoms with Crippen molar-refractivity contribution in [3.63, 3.8) is 0 Å². The predicted octanol–water partition coefficient (Wildman–Crippen LogP) is 4.11. The third kappa shape index (κ3) is 4.86. The Bertz CT molecular complexity index is 933. The lowest BCUT2D eigenvalue weighted by molar-refractivity contribution is -0.133. The van der Waals surface area contributed by atoms with Crippen molar-refractivity contribution in [2.24, 2.45) is 5.10 Å². The quantitative estimate of drug-likeness (QED) is 0.764. The Morgan fingerprint density at radius 1 is 1.03 bits per heavy atom. The van der Waals surface area contributed by atoms with Crippen LogP contribution in [0.2, 0.25) is 5.02 Å². The van der Waals surface area contributed by atoms with Gasteiger partial charge in [-0.1, -0.05) is 48.0 Å². The Hall–Kier alpha value is -2.63. The monoisotopic (exact) mass is 408 g/mol. The predicted molar refractivity (Wildman–Crippen MR) is 119 cm³/mol. The molecule has 0 saturated carbocycles. The molecule has 0 atom stereocenters. The number of carbonyl (C=O) groups is 1. The molecular weight excluding hydrogens is 384 g/mol. The molecule has 0 N–H and O–H groups in total. The first kappa shape index (κ1) is 19.7. The topological polar surface area (TPSA) is 39.1 Å². The zero-order valence-electron chi connectivity index (χ0n) is 16.6. The second-order valence-electron chi connectivity index (χ2n) is 7.46. The normalized spacial score (nSPS) is 19.6. The van der Waals surface area contributed by atoms with Crippen molar-refractivity contribution in [1.29, 1.82) is 0 Å². The van der Waals surface area contributed by atoms with Crippen LogP contribution in [0.3, 0.4) is 0 Å². The molecule has 2 aromatic rings. The average molecular weight is 409 g/mol. The van der Waals surface area contributed by atoms with Gasteiger partial charge in [-0.15, -0.1) is 0 Å². The van der Waals surface area contributed by atoms with E-state index in [9.17, 15) is 4.79 Å². The molecule has 29 heavy (non-hydrogen) atoms. The molecule has 5 nitrogen and oxygen atoms in total. The van der Waals surface area contributed by atoms with Gasteiger partial charge < -0.3 is 4.90 Å². The Labute approximate surface area is 176 Å². The van der Waals surface area contributed by atoms with Crippen LogP contribution in [-0.4, -0.2) is 54.4 Å². The number of hydrazone groups is 1. The summed E-state index contributed by atoms with van der Waals surface area (Å²) in [5.41, 5.74) is 4.14. The highest BCUT2D eigenvalue weighted by molar-refractivity contribution is 6.30. The summed E-state index contributed by atoms with van der Waals surface area (Å²) in [7, 11) is 0. The number of carbonyl (C=O) groups excluding carboxylic acids is 1. The van der Waals surface area contributed by atoms with E-state index in [4.69, 9.17) is 11.6 Å². The van der Waals surface area contributed by atoms with E-state index >= 15 is 0 Å². The third-order valence-electron chi connectivity index (χ3n) is 5.39. The summed E-state index contributed by atoms with van der Waals surface area (Å²) in [5, 5.41) is 6.96. The molecule has 0 aliphatic carbocycles. The second-order valence-corrected chi connectivity index (χ2v) is 7.90. The van der Waals surface area contributed by atoms with E-state index in [2.05, 4.69) is 27.0 Å². The first-order valence-corrected chi connectivity index (χ1v) is 10.3. The number of hydrogen-bond donors (Lipinski definition) is 0. The number of anilines is 1. The van der Waals surface area contributed by atoms with Gasteiger partial charge in [-0.05, 0) is 42.3 Å². The van der Waals surface area contributed by atoms with Crippen LogP contribution >= 0.6 is 11.6 Å². The lowest BCUT2D eigenvalue weighted by Gasteiger charge is -2.38. The highest BCUT2D eigenvalue weighted by atomic mass is 35.5. The summed E-state index contributed by atoms with van der Waals surface area (Å²) >= 11 is 6.11. The number of rotatable bonds is 4. The van der Waals surface area contributed by atoms with Gasteiger partial charge in [-0.25, -0.2) is 5.01 Å². The number of benzene rings is 2. The molecule has 0 aromatic heterocycles. The SMILES string of the molecule is CC1=NN(CN2CCN(c3cccc(Cl)c3)CC2)C(=O)C/C1=C/c1ccccc1. The number of hydrogen-bond acceptors (Lipinski definition) is 4. The Kier molecular flexibility index (Phi) is 5.97. The summed E-state index contributed by atoms with van der Waals surface area (Å²) < 4.78 is 0. The van der Waals surface area contributed by atoms with Crippen molar-refractivity contribution in [2.45, 2.75) is 13.3 Å². The zero-order chi connectivity index (χ0) is 20.2. The average Bonchev–Trinajstić information content (AvgIpc) is 2.73. The summed E-state index contributed by atoms with van der Waals surface area (Å²) in [6.07, 6.45) is 2.45. The van der Waals surface area contributed by atoms with E-state index in [0.717, 1.165) is 53.7 Å². The maximum atomic E-state index is 12.7. The minimum absolute atomic E-state index is 0.0510. The van der Waals surface area contributed by atoms with E-state index in [1.165, 1.54) is 0 Å². The van der Waals surface area contributed by atoms with Gasteiger partial charge in [0.15, 0.2) is 0 Å². The maximum Gasteiger partial charge on any atom is 0.248 e. The zero-order valence-corrected chi connectivity index (χ0v) is 17.3. The van der Waals surface area contributed by atoms with Crippen LogP contribution in [0.4, 0.5) is 5.69 Å². The molecule has 0 spiro atoms. The summed E-state index contributed by atoms with van der Waals surface area (Å²) in [6.45, 7) is 6.10. The molecule has 6 heteroatoms. The minimum atomic E-state index is 0.0510. The lowest BCUT2D eigenvalue weighted by atomic mass is 10.0. The number of nitrogens with zero attached hydrogens (tertiary/aromatic N) is 4. The molecule has 0 bridgehead atoms. The molecule has 4 rings (SSSR count). The highest BCUT2D eigenvalue weighted by Crippen LogP contribution is 2.22. The van der Waals surface area contributed by atoms with Crippen molar-refractivity contribution in [2.75, 3.05) is 37.7 Å². The Balaban J connectivity index is 1.37. The van der Waals surface area contributed by atoms with Gasteiger partial charge in [0.1, 0.15) is 0 Å². The maximum absolute atomic E-state index is 12.7. The van der Waals surface area contributed by atoms with Gasteiger partial charge >= 0.3 is 0 Å². The van der Waals surface area contributed by atoms with Crippen molar-refractivity contribution in [1.82, 2.24) is 9.91 Å². The Morgan fingerprint density at radius 3 is 2.52 bits per heavy atom. The molecule has 1 saturated heterocycles. The smallest absolute Gasteiger partial charge is 0.248 e. The Morgan fingerprint density at radius 2 is 1.79 bits per heavy atom. The van der Waals surface area contributed by atoms with Crippen LogP contribution in [0.1, 0.15) is 18.9 Å². The highest BCUT2D eigenvalue weighted by Gasteiger charge is 2.26. The van der Waals surface area contributed by atoms with E-state index in [1.807, 2.05) is 55.5 Å². The molecule has 0 unspecified atom stereocenters. The van der Waals surface area contributed by atoms with E-state index in [0.29, 0.717) is 13.1 Å². The van der Waals surface area contributed by atoms with Crippen LogP contribution in [0, 0.1) is 0 Å². The summed E-state index contributed by atoms with van der Waals surface area (Å²) in [4.78, 5) is 17.3. The fraction of sp³-hybridized carbons (Fsp3) is 0.304.